The Morgan fingerprint density at radius 2 is 1.96 bits per heavy atom. The van der Waals surface area contributed by atoms with Crippen molar-refractivity contribution in [2.75, 3.05) is 25.0 Å². The van der Waals surface area contributed by atoms with Crippen molar-refractivity contribution in [2.24, 2.45) is 0 Å². The minimum atomic E-state index is 0.0328. The first kappa shape index (κ1) is 19.0. The van der Waals surface area contributed by atoms with Crippen molar-refractivity contribution >= 4 is 34.2 Å². The maximum atomic E-state index is 12.3. The van der Waals surface area contributed by atoms with Gasteiger partial charge in [0.2, 0.25) is 0 Å². The smallest absolute Gasteiger partial charge is 0.279 e. The average molecular weight is 398 g/mol. The largest absolute Gasteiger partial charge is 0.342 e. The van der Waals surface area contributed by atoms with E-state index in [1.165, 1.54) is 16.0 Å². The van der Waals surface area contributed by atoms with Gasteiger partial charge in [0.25, 0.3) is 5.91 Å². The van der Waals surface area contributed by atoms with Crippen LogP contribution in [-0.4, -0.2) is 35.5 Å². The highest BCUT2D eigenvalue weighted by Gasteiger charge is 2.27. The molecule has 0 atom stereocenters. The SMILES string of the molecule is Cc1cc2nc(C3CC[NH+](CC(=O)Nc4cccc(Cl)c4)CC3)[nH]c2cc1C. The topological polar surface area (TPSA) is 62.2 Å². The van der Waals surface area contributed by atoms with Crippen molar-refractivity contribution in [3.05, 3.63) is 58.4 Å². The third-order valence-electron chi connectivity index (χ3n) is 5.71. The van der Waals surface area contributed by atoms with Gasteiger partial charge in [-0.3, -0.25) is 4.79 Å². The highest BCUT2D eigenvalue weighted by molar-refractivity contribution is 6.30. The molecule has 2 aromatic carbocycles. The quantitative estimate of drug-likeness (QED) is 0.633. The Morgan fingerprint density at radius 3 is 2.71 bits per heavy atom. The molecule has 1 aliphatic rings. The summed E-state index contributed by atoms with van der Waals surface area (Å²) in [4.78, 5) is 22.0. The van der Waals surface area contributed by atoms with Crippen LogP contribution in [0.2, 0.25) is 5.02 Å². The number of benzene rings is 2. The Morgan fingerprint density at radius 1 is 1.21 bits per heavy atom. The number of quaternary nitrogens is 1. The second kappa shape index (κ2) is 7.94. The van der Waals surface area contributed by atoms with Crippen LogP contribution in [0.25, 0.3) is 11.0 Å². The predicted molar refractivity (Wildman–Crippen MR) is 113 cm³/mol. The Hall–Kier alpha value is -2.37. The summed E-state index contributed by atoms with van der Waals surface area (Å²) in [6.45, 7) is 6.69. The molecule has 3 aromatic rings. The fourth-order valence-corrected chi connectivity index (χ4v) is 4.15. The van der Waals surface area contributed by atoms with Crippen molar-refractivity contribution in [3.63, 3.8) is 0 Å². The Balaban J connectivity index is 1.33. The van der Waals surface area contributed by atoms with Gasteiger partial charge in [0.1, 0.15) is 5.82 Å². The Bertz CT molecular complexity index is 966. The number of H-pyrrole nitrogens is 1. The summed E-state index contributed by atoms with van der Waals surface area (Å²) in [5.41, 5.74) is 5.48. The van der Waals surface area contributed by atoms with Gasteiger partial charge in [0.05, 0.1) is 24.1 Å². The summed E-state index contributed by atoms with van der Waals surface area (Å²) in [5, 5.41) is 3.57. The van der Waals surface area contributed by atoms with Crippen LogP contribution in [0.15, 0.2) is 36.4 Å². The van der Waals surface area contributed by atoms with Gasteiger partial charge in [0.15, 0.2) is 6.54 Å². The fourth-order valence-electron chi connectivity index (χ4n) is 3.96. The summed E-state index contributed by atoms with van der Waals surface area (Å²) in [6, 6.07) is 11.6. The number of carbonyl (C=O) groups is 1. The number of aromatic amines is 1. The third kappa shape index (κ3) is 4.21. The van der Waals surface area contributed by atoms with Crippen LogP contribution in [0.1, 0.15) is 35.7 Å². The Kier molecular flexibility index (Phi) is 5.38. The number of aromatic nitrogens is 2. The lowest BCUT2D eigenvalue weighted by atomic mass is 9.96. The van der Waals surface area contributed by atoms with E-state index in [1.54, 1.807) is 12.1 Å². The van der Waals surface area contributed by atoms with E-state index in [0.717, 1.165) is 48.5 Å². The van der Waals surface area contributed by atoms with Crippen LogP contribution in [-0.2, 0) is 4.79 Å². The monoisotopic (exact) mass is 397 g/mol. The maximum Gasteiger partial charge on any atom is 0.279 e. The summed E-state index contributed by atoms with van der Waals surface area (Å²) in [5.74, 6) is 1.56. The van der Waals surface area contributed by atoms with Crippen molar-refractivity contribution in [1.29, 1.82) is 0 Å². The maximum absolute atomic E-state index is 12.3. The number of hydrogen-bond acceptors (Lipinski definition) is 2. The molecule has 2 heterocycles. The van der Waals surface area contributed by atoms with E-state index in [4.69, 9.17) is 16.6 Å². The molecule has 3 N–H and O–H groups in total. The van der Waals surface area contributed by atoms with Crippen LogP contribution in [0.3, 0.4) is 0 Å². The molecule has 0 radical (unpaired) electrons. The second-order valence-electron chi connectivity index (χ2n) is 7.84. The Labute approximate surface area is 170 Å². The van der Waals surface area contributed by atoms with E-state index in [9.17, 15) is 4.79 Å². The van der Waals surface area contributed by atoms with Crippen LogP contribution in [0, 0.1) is 13.8 Å². The normalized spacial score (nSPS) is 19.7. The van der Waals surface area contributed by atoms with Crippen LogP contribution < -0.4 is 10.2 Å². The van der Waals surface area contributed by atoms with E-state index in [1.807, 2.05) is 12.1 Å². The number of piperidine rings is 1. The highest BCUT2D eigenvalue weighted by atomic mass is 35.5. The van der Waals surface area contributed by atoms with E-state index < -0.39 is 0 Å². The van der Waals surface area contributed by atoms with Gasteiger partial charge in [-0.25, -0.2) is 4.98 Å². The number of rotatable bonds is 4. The lowest BCUT2D eigenvalue weighted by Crippen LogP contribution is -3.14. The number of halogens is 1. The van der Waals surface area contributed by atoms with Gasteiger partial charge in [0, 0.05) is 29.5 Å². The van der Waals surface area contributed by atoms with Crippen LogP contribution >= 0.6 is 11.6 Å². The van der Waals surface area contributed by atoms with Crippen LogP contribution in [0.5, 0.6) is 0 Å². The molecule has 0 saturated carbocycles. The van der Waals surface area contributed by atoms with Gasteiger partial charge < -0.3 is 15.2 Å². The number of likely N-dealkylation sites (tertiary alicyclic amines) is 1. The number of hydrogen-bond donors (Lipinski definition) is 3. The zero-order chi connectivity index (χ0) is 19.7. The molecule has 28 heavy (non-hydrogen) atoms. The number of nitrogens with one attached hydrogen (secondary N) is 3. The number of amides is 1. The first-order valence-corrected chi connectivity index (χ1v) is 10.2. The highest BCUT2D eigenvalue weighted by Crippen LogP contribution is 2.25. The molecule has 0 unspecified atom stereocenters. The minimum absolute atomic E-state index is 0.0328. The van der Waals surface area contributed by atoms with E-state index in [0.29, 0.717) is 17.5 Å². The van der Waals surface area contributed by atoms with Gasteiger partial charge >= 0.3 is 0 Å². The molecule has 6 heteroatoms. The number of imidazole rings is 1. The summed E-state index contributed by atoms with van der Waals surface area (Å²) in [6.07, 6.45) is 2.08. The van der Waals surface area contributed by atoms with Gasteiger partial charge in [-0.1, -0.05) is 17.7 Å². The molecule has 0 bridgehead atoms. The molecule has 1 amide bonds. The number of fused-ring (bicyclic) bond motifs is 1. The van der Waals surface area contributed by atoms with Gasteiger partial charge in [-0.05, 0) is 55.3 Å². The van der Waals surface area contributed by atoms with Crippen molar-refractivity contribution in [3.8, 4) is 0 Å². The van der Waals surface area contributed by atoms with Crippen molar-refractivity contribution < 1.29 is 9.69 Å². The van der Waals surface area contributed by atoms with Crippen LogP contribution in [0.4, 0.5) is 5.69 Å². The fraction of sp³-hybridized carbons (Fsp3) is 0.364. The van der Waals surface area contributed by atoms with E-state index in [-0.39, 0.29) is 5.91 Å². The molecule has 5 nitrogen and oxygen atoms in total. The standard InChI is InChI=1S/C22H25ClN4O/c1-14-10-19-20(11-15(14)2)26-22(25-19)16-6-8-27(9-7-16)13-21(28)24-18-5-3-4-17(23)12-18/h3-5,10-12,16H,6-9,13H2,1-2H3,(H,24,28)(H,25,26)/p+1. The number of nitrogens with zero attached hydrogens (tertiary/aromatic N) is 1. The first-order chi connectivity index (χ1) is 13.5. The molecule has 1 aromatic heterocycles. The molecule has 1 aliphatic heterocycles. The molecule has 0 aliphatic carbocycles. The lowest BCUT2D eigenvalue weighted by molar-refractivity contribution is -0.897. The third-order valence-corrected chi connectivity index (χ3v) is 5.95. The lowest BCUT2D eigenvalue weighted by Gasteiger charge is -2.27. The summed E-state index contributed by atoms with van der Waals surface area (Å²) in [7, 11) is 0. The number of anilines is 1. The summed E-state index contributed by atoms with van der Waals surface area (Å²) >= 11 is 5.98. The van der Waals surface area contributed by atoms with Crippen molar-refractivity contribution in [1.82, 2.24) is 9.97 Å². The molecule has 4 rings (SSSR count). The first-order valence-electron chi connectivity index (χ1n) is 9.84. The predicted octanol–water partition coefficient (Wildman–Crippen LogP) is 3.23. The van der Waals surface area contributed by atoms with E-state index in [2.05, 4.69) is 36.3 Å². The average Bonchev–Trinajstić information content (AvgIpc) is 3.05. The second-order valence-corrected chi connectivity index (χ2v) is 8.27. The number of aryl methyl sites for hydroxylation is 2. The van der Waals surface area contributed by atoms with E-state index >= 15 is 0 Å². The molecule has 1 saturated heterocycles. The van der Waals surface area contributed by atoms with Gasteiger partial charge in [-0.15, -0.1) is 0 Å². The zero-order valence-electron chi connectivity index (χ0n) is 16.3. The minimum Gasteiger partial charge on any atom is -0.342 e. The molecule has 1 fully saturated rings. The molecule has 0 spiro atoms. The molecular weight excluding hydrogens is 372 g/mol. The van der Waals surface area contributed by atoms with Gasteiger partial charge in [-0.2, -0.15) is 0 Å². The zero-order valence-corrected chi connectivity index (χ0v) is 17.1. The number of carbonyl (C=O) groups excluding carboxylic acids is 1. The molecule has 146 valence electrons. The molecular formula is C22H26ClN4O+. The van der Waals surface area contributed by atoms with Crippen molar-refractivity contribution in [2.45, 2.75) is 32.6 Å². The summed E-state index contributed by atoms with van der Waals surface area (Å²) < 4.78 is 0.